The summed E-state index contributed by atoms with van der Waals surface area (Å²) in [7, 11) is 0. The quantitative estimate of drug-likeness (QED) is 0.709. The Morgan fingerprint density at radius 3 is 2.62 bits per heavy atom. The highest BCUT2D eigenvalue weighted by Crippen LogP contribution is 2.20. The first-order chi connectivity index (χ1) is 10.1. The van der Waals surface area contributed by atoms with E-state index in [1.54, 1.807) is 11.3 Å². The first-order valence-electron chi connectivity index (χ1n) is 8.10. The molecule has 1 aromatic heterocycles. The number of nitrogens with two attached hydrogens (primary N) is 1. The molecule has 1 rings (SSSR count). The van der Waals surface area contributed by atoms with Crippen LogP contribution in [0, 0.1) is 5.92 Å². The molecule has 0 aliphatic heterocycles. The number of rotatable bonds is 10. The summed E-state index contributed by atoms with van der Waals surface area (Å²) in [6, 6.07) is 4.39. The Kier molecular flexibility index (Phi) is 8.62. The molecule has 2 N–H and O–H groups in total. The maximum absolute atomic E-state index is 12.5. The predicted molar refractivity (Wildman–Crippen MR) is 91.3 cm³/mol. The van der Waals surface area contributed by atoms with E-state index in [1.165, 1.54) is 17.7 Å². The molecule has 1 heterocycles. The van der Waals surface area contributed by atoms with Gasteiger partial charge in [-0.2, -0.15) is 0 Å². The normalized spacial score (nSPS) is 12.6. The average molecular weight is 311 g/mol. The van der Waals surface area contributed by atoms with Crippen molar-refractivity contribution >= 4 is 17.2 Å². The van der Waals surface area contributed by atoms with Gasteiger partial charge in [-0.1, -0.05) is 25.8 Å². The Morgan fingerprint density at radius 2 is 2.10 bits per heavy atom. The molecule has 4 heteroatoms. The molecule has 0 bridgehead atoms. The van der Waals surface area contributed by atoms with Crippen LogP contribution in [0.25, 0.3) is 0 Å². The monoisotopic (exact) mass is 310 g/mol. The maximum Gasteiger partial charge on any atom is 0.223 e. The van der Waals surface area contributed by atoms with E-state index < -0.39 is 0 Å². The van der Waals surface area contributed by atoms with Crippen LogP contribution in [0.1, 0.15) is 57.8 Å². The van der Waals surface area contributed by atoms with Gasteiger partial charge in [0.2, 0.25) is 5.91 Å². The first-order valence-corrected chi connectivity index (χ1v) is 8.98. The SMILES string of the molecule is CCCC(CCN)CCC(=O)N(Cc1cccs1)C(C)C. The number of amides is 1. The maximum atomic E-state index is 12.5. The van der Waals surface area contributed by atoms with Gasteiger partial charge in [-0.3, -0.25) is 4.79 Å². The van der Waals surface area contributed by atoms with Gasteiger partial charge in [-0.25, -0.2) is 0 Å². The lowest BCUT2D eigenvalue weighted by atomic mass is 9.94. The fraction of sp³-hybridized carbons (Fsp3) is 0.706. The Hall–Kier alpha value is -0.870. The first kappa shape index (κ1) is 18.2. The van der Waals surface area contributed by atoms with Gasteiger partial charge in [0.15, 0.2) is 0 Å². The molecule has 0 aromatic carbocycles. The Bertz CT molecular complexity index is 384. The molecule has 1 amide bonds. The van der Waals surface area contributed by atoms with E-state index in [0.29, 0.717) is 12.3 Å². The summed E-state index contributed by atoms with van der Waals surface area (Å²) in [5.74, 6) is 0.872. The molecule has 120 valence electrons. The lowest BCUT2D eigenvalue weighted by Crippen LogP contribution is -2.36. The van der Waals surface area contributed by atoms with Crippen molar-refractivity contribution in [2.75, 3.05) is 6.54 Å². The van der Waals surface area contributed by atoms with Gasteiger partial charge < -0.3 is 10.6 Å². The minimum Gasteiger partial charge on any atom is -0.335 e. The van der Waals surface area contributed by atoms with Gasteiger partial charge in [-0.05, 0) is 50.6 Å². The highest BCUT2D eigenvalue weighted by atomic mass is 32.1. The van der Waals surface area contributed by atoms with Crippen molar-refractivity contribution in [2.24, 2.45) is 11.7 Å². The molecule has 0 aliphatic rings. The van der Waals surface area contributed by atoms with E-state index in [4.69, 9.17) is 5.73 Å². The Labute approximate surface area is 133 Å². The third kappa shape index (κ3) is 6.62. The third-order valence-corrected chi connectivity index (χ3v) is 4.75. The van der Waals surface area contributed by atoms with Crippen molar-refractivity contribution < 1.29 is 4.79 Å². The van der Waals surface area contributed by atoms with E-state index in [-0.39, 0.29) is 11.9 Å². The lowest BCUT2D eigenvalue weighted by Gasteiger charge is -2.27. The van der Waals surface area contributed by atoms with Crippen LogP contribution in [0.2, 0.25) is 0 Å². The fourth-order valence-electron chi connectivity index (χ4n) is 2.68. The number of hydrogen-bond acceptors (Lipinski definition) is 3. The minimum atomic E-state index is 0.249. The smallest absolute Gasteiger partial charge is 0.223 e. The number of thiophene rings is 1. The molecule has 3 nitrogen and oxygen atoms in total. The highest BCUT2D eigenvalue weighted by molar-refractivity contribution is 7.09. The zero-order valence-corrected chi connectivity index (χ0v) is 14.5. The van der Waals surface area contributed by atoms with Crippen LogP contribution in [-0.4, -0.2) is 23.4 Å². The Morgan fingerprint density at radius 1 is 1.33 bits per heavy atom. The fourth-order valence-corrected chi connectivity index (χ4v) is 3.38. The van der Waals surface area contributed by atoms with Gasteiger partial charge in [0, 0.05) is 17.3 Å². The van der Waals surface area contributed by atoms with Gasteiger partial charge in [-0.15, -0.1) is 11.3 Å². The summed E-state index contributed by atoms with van der Waals surface area (Å²) in [5, 5.41) is 2.07. The van der Waals surface area contributed by atoms with E-state index in [2.05, 4.69) is 32.2 Å². The molecule has 21 heavy (non-hydrogen) atoms. The van der Waals surface area contributed by atoms with Crippen molar-refractivity contribution in [3.05, 3.63) is 22.4 Å². The molecule has 0 saturated carbocycles. The molecule has 0 saturated heterocycles. The molecule has 0 aliphatic carbocycles. The third-order valence-electron chi connectivity index (χ3n) is 3.89. The molecule has 0 radical (unpaired) electrons. The van der Waals surface area contributed by atoms with Crippen molar-refractivity contribution in [1.29, 1.82) is 0 Å². The van der Waals surface area contributed by atoms with Gasteiger partial charge in [0.25, 0.3) is 0 Å². The van der Waals surface area contributed by atoms with Crippen LogP contribution in [0.3, 0.4) is 0 Å². The number of carbonyl (C=O) groups excluding carboxylic acids is 1. The van der Waals surface area contributed by atoms with E-state index in [9.17, 15) is 4.79 Å². The standard InChI is InChI=1S/C17H30N2OS/c1-4-6-15(10-11-18)8-9-17(20)19(14(2)3)13-16-7-5-12-21-16/h5,7,12,14-15H,4,6,8-11,13,18H2,1-3H3. The molecule has 1 atom stereocenters. The van der Waals surface area contributed by atoms with E-state index in [1.807, 2.05) is 11.0 Å². The predicted octanol–water partition coefficient (Wildman–Crippen LogP) is 4.03. The highest BCUT2D eigenvalue weighted by Gasteiger charge is 2.19. The summed E-state index contributed by atoms with van der Waals surface area (Å²) >= 11 is 1.72. The van der Waals surface area contributed by atoms with E-state index >= 15 is 0 Å². The van der Waals surface area contributed by atoms with Gasteiger partial charge in [0.1, 0.15) is 0 Å². The summed E-state index contributed by atoms with van der Waals surface area (Å²) in [4.78, 5) is 15.8. The topological polar surface area (TPSA) is 46.3 Å². The van der Waals surface area contributed by atoms with Gasteiger partial charge in [0.05, 0.1) is 6.54 Å². The van der Waals surface area contributed by atoms with Crippen molar-refractivity contribution in [2.45, 2.75) is 65.5 Å². The number of carbonyl (C=O) groups is 1. The van der Waals surface area contributed by atoms with Crippen molar-refractivity contribution in [1.82, 2.24) is 4.90 Å². The van der Waals surface area contributed by atoms with Crippen LogP contribution in [0.4, 0.5) is 0 Å². The number of nitrogens with zero attached hydrogens (tertiary/aromatic N) is 1. The minimum absolute atomic E-state index is 0.249. The molecule has 0 fully saturated rings. The largest absolute Gasteiger partial charge is 0.335 e. The molecular weight excluding hydrogens is 280 g/mol. The second-order valence-electron chi connectivity index (χ2n) is 5.97. The molecule has 0 spiro atoms. The van der Waals surface area contributed by atoms with Crippen LogP contribution in [-0.2, 0) is 11.3 Å². The van der Waals surface area contributed by atoms with Crippen LogP contribution in [0.5, 0.6) is 0 Å². The second-order valence-corrected chi connectivity index (χ2v) is 7.00. The van der Waals surface area contributed by atoms with Gasteiger partial charge >= 0.3 is 0 Å². The van der Waals surface area contributed by atoms with Crippen molar-refractivity contribution in [3.63, 3.8) is 0 Å². The lowest BCUT2D eigenvalue weighted by molar-refractivity contribution is -0.133. The number of hydrogen-bond donors (Lipinski definition) is 1. The summed E-state index contributed by atoms with van der Waals surface area (Å²) in [6.07, 6.45) is 5.00. The van der Waals surface area contributed by atoms with Crippen LogP contribution >= 0.6 is 11.3 Å². The Balaban J connectivity index is 2.52. The van der Waals surface area contributed by atoms with Crippen LogP contribution in [0.15, 0.2) is 17.5 Å². The van der Waals surface area contributed by atoms with Crippen LogP contribution < -0.4 is 5.73 Å². The zero-order chi connectivity index (χ0) is 15.7. The molecular formula is C17H30N2OS. The average Bonchev–Trinajstić information content (AvgIpc) is 2.95. The van der Waals surface area contributed by atoms with E-state index in [0.717, 1.165) is 25.9 Å². The second kappa shape index (κ2) is 9.96. The zero-order valence-electron chi connectivity index (χ0n) is 13.7. The summed E-state index contributed by atoms with van der Waals surface area (Å²) < 4.78 is 0. The molecule has 1 aromatic rings. The summed E-state index contributed by atoms with van der Waals surface area (Å²) in [5.41, 5.74) is 5.67. The summed E-state index contributed by atoms with van der Waals surface area (Å²) in [6.45, 7) is 7.85. The molecule has 1 unspecified atom stereocenters. The van der Waals surface area contributed by atoms with Crippen molar-refractivity contribution in [3.8, 4) is 0 Å².